The third-order valence-corrected chi connectivity index (χ3v) is 8.17. The molecule has 0 bridgehead atoms. The minimum Gasteiger partial charge on any atom is -0.444 e. The minimum absolute atomic E-state index is 0.00960. The molecule has 2 atom stereocenters. The van der Waals surface area contributed by atoms with Crippen LogP contribution in [0.5, 0.6) is 0 Å². The molecule has 1 aromatic carbocycles. The van der Waals surface area contributed by atoms with Crippen LogP contribution in [0.2, 0.25) is 0 Å². The zero-order valence-corrected chi connectivity index (χ0v) is 24.9. The van der Waals surface area contributed by atoms with Gasteiger partial charge in [-0.1, -0.05) is 44.2 Å². The Hall–Kier alpha value is -3.20. The fraction of sp³-hybridized carbons (Fsp3) is 0.613. The Labute approximate surface area is 237 Å². The molecule has 2 fully saturated rings. The molecule has 0 saturated carbocycles. The topological polar surface area (TPSA) is 85.6 Å². The number of anilines is 1. The highest BCUT2D eigenvalue weighted by Gasteiger charge is 2.34. The highest BCUT2D eigenvalue weighted by molar-refractivity contribution is 5.76. The SMILES string of the molecule is CC(c1ccccc1)c1nn(C2CCCCO2)c2nc(N3CCC(C)(CN(C)C(=O)OC(C)(C)C)CC3)cnc12. The number of piperidine rings is 1. The normalized spacial score (nSPS) is 20.4. The largest absolute Gasteiger partial charge is 0.444 e. The molecule has 2 aromatic heterocycles. The Balaban J connectivity index is 1.36. The monoisotopic (exact) mass is 548 g/mol. The van der Waals surface area contributed by atoms with Crippen molar-refractivity contribution in [3.8, 4) is 0 Å². The summed E-state index contributed by atoms with van der Waals surface area (Å²) in [5.74, 6) is 0.956. The summed E-state index contributed by atoms with van der Waals surface area (Å²) in [6, 6.07) is 10.4. The second-order valence-electron chi connectivity index (χ2n) is 12.8. The van der Waals surface area contributed by atoms with Gasteiger partial charge in [-0.2, -0.15) is 5.10 Å². The summed E-state index contributed by atoms with van der Waals surface area (Å²) in [4.78, 5) is 26.7. The van der Waals surface area contributed by atoms with Gasteiger partial charge in [0.1, 0.15) is 16.9 Å². The molecule has 2 unspecified atom stereocenters. The van der Waals surface area contributed by atoms with Gasteiger partial charge in [-0.3, -0.25) is 0 Å². The van der Waals surface area contributed by atoms with Gasteiger partial charge in [0.05, 0.1) is 11.9 Å². The van der Waals surface area contributed by atoms with Gasteiger partial charge in [0.2, 0.25) is 0 Å². The molecular formula is C31H44N6O3. The van der Waals surface area contributed by atoms with Gasteiger partial charge in [-0.05, 0) is 63.9 Å². The van der Waals surface area contributed by atoms with E-state index in [1.165, 1.54) is 5.56 Å². The Morgan fingerprint density at radius 3 is 2.58 bits per heavy atom. The molecule has 5 rings (SSSR count). The highest BCUT2D eigenvalue weighted by Crippen LogP contribution is 2.36. The van der Waals surface area contributed by atoms with E-state index in [2.05, 4.69) is 43.0 Å². The molecule has 4 heterocycles. The average Bonchev–Trinajstić information content (AvgIpc) is 3.32. The van der Waals surface area contributed by atoms with Crippen LogP contribution in [-0.2, 0) is 9.47 Å². The van der Waals surface area contributed by atoms with Crippen LogP contribution in [-0.4, -0.2) is 69.6 Å². The van der Waals surface area contributed by atoms with Crippen LogP contribution in [0, 0.1) is 5.41 Å². The lowest BCUT2D eigenvalue weighted by Gasteiger charge is -2.41. The molecule has 9 heteroatoms. The highest BCUT2D eigenvalue weighted by atomic mass is 16.6. The van der Waals surface area contributed by atoms with Gasteiger partial charge in [0.15, 0.2) is 11.9 Å². The van der Waals surface area contributed by atoms with E-state index < -0.39 is 5.60 Å². The van der Waals surface area contributed by atoms with E-state index in [-0.39, 0.29) is 23.7 Å². The molecule has 0 aliphatic carbocycles. The molecule has 9 nitrogen and oxygen atoms in total. The van der Waals surface area contributed by atoms with Crippen LogP contribution in [0.25, 0.3) is 11.2 Å². The van der Waals surface area contributed by atoms with Crippen LogP contribution in [0.1, 0.15) is 90.1 Å². The van der Waals surface area contributed by atoms with Crippen molar-refractivity contribution in [2.45, 2.75) is 84.5 Å². The first-order chi connectivity index (χ1) is 19.0. The second-order valence-corrected chi connectivity index (χ2v) is 12.8. The number of carbonyl (C=O) groups excluding carboxylic acids is 1. The van der Waals surface area contributed by atoms with Crippen molar-refractivity contribution < 1.29 is 14.3 Å². The quantitative estimate of drug-likeness (QED) is 0.365. The molecule has 2 aliphatic rings. The fourth-order valence-electron chi connectivity index (χ4n) is 5.79. The zero-order valence-electron chi connectivity index (χ0n) is 24.9. The van der Waals surface area contributed by atoms with E-state index in [0.717, 1.165) is 74.5 Å². The zero-order chi connectivity index (χ0) is 28.5. The molecule has 1 amide bonds. The molecule has 0 spiro atoms. The number of nitrogens with zero attached hydrogens (tertiary/aromatic N) is 6. The third-order valence-electron chi connectivity index (χ3n) is 8.17. The van der Waals surface area contributed by atoms with Crippen LogP contribution < -0.4 is 4.90 Å². The molecular weight excluding hydrogens is 504 g/mol. The van der Waals surface area contributed by atoms with Gasteiger partial charge in [0.25, 0.3) is 0 Å². The van der Waals surface area contributed by atoms with Gasteiger partial charge >= 0.3 is 6.09 Å². The van der Waals surface area contributed by atoms with Gasteiger partial charge in [-0.25, -0.2) is 19.4 Å². The van der Waals surface area contributed by atoms with Crippen molar-refractivity contribution in [2.24, 2.45) is 5.41 Å². The fourth-order valence-corrected chi connectivity index (χ4v) is 5.79. The number of hydrogen-bond donors (Lipinski definition) is 0. The molecule has 40 heavy (non-hydrogen) atoms. The van der Waals surface area contributed by atoms with Crippen LogP contribution >= 0.6 is 0 Å². The van der Waals surface area contributed by atoms with Crippen molar-refractivity contribution in [2.75, 3.05) is 38.2 Å². The number of aromatic nitrogens is 4. The van der Waals surface area contributed by atoms with Crippen molar-refractivity contribution >= 4 is 23.1 Å². The number of hydrogen-bond acceptors (Lipinski definition) is 7. The molecule has 216 valence electrons. The van der Waals surface area contributed by atoms with Crippen molar-refractivity contribution in [1.29, 1.82) is 0 Å². The maximum absolute atomic E-state index is 12.5. The number of ether oxygens (including phenoxy) is 2. The van der Waals surface area contributed by atoms with Gasteiger partial charge in [-0.15, -0.1) is 0 Å². The molecule has 3 aromatic rings. The number of benzene rings is 1. The van der Waals surface area contributed by atoms with E-state index in [4.69, 9.17) is 24.5 Å². The van der Waals surface area contributed by atoms with Crippen LogP contribution in [0.4, 0.5) is 10.6 Å². The lowest BCUT2D eigenvalue weighted by atomic mass is 9.80. The van der Waals surface area contributed by atoms with Crippen LogP contribution in [0.15, 0.2) is 36.5 Å². The maximum Gasteiger partial charge on any atom is 0.410 e. The minimum atomic E-state index is -0.499. The first kappa shape index (κ1) is 28.3. The summed E-state index contributed by atoms with van der Waals surface area (Å²) in [6.45, 7) is 13.2. The Morgan fingerprint density at radius 1 is 1.20 bits per heavy atom. The lowest BCUT2D eigenvalue weighted by Crippen LogP contribution is -2.46. The summed E-state index contributed by atoms with van der Waals surface area (Å²) in [5, 5.41) is 5.07. The van der Waals surface area contributed by atoms with Crippen LogP contribution in [0.3, 0.4) is 0 Å². The summed E-state index contributed by atoms with van der Waals surface area (Å²) in [6.07, 6.45) is 6.52. The average molecular weight is 549 g/mol. The number of carbonyl (C=O) groups is 1. The van der Waals surface area contributed by atoms with E-state index in [0.29, 0.717) is 6.54 Å². The molecule has 0 N–H and O–H groups in total. The summed E-state index contributed by atoms with van der Waals surface area (Å²) < 4.78 is 13.7. The van der Waals surface area contributed by atoms with E-state index in [1.807, 2.05) is 44.8 Å². The standard InChI is InChI=1S/C31H44N6O3/c1-22(23-12-8-7-9-13-23)26-27-28(37(34-26)25-14-10-11-19-39-25)33-24(20-32-27)36-17-15-31(5,16-18-36)21-35(6)29(38)40-30(2,3)4/h7-9,12-13,20,22,25H,10-11,14-19,21H2,1-6H3. The number of rotatable bonds is 6. The Bertz CT molecular complexity index is 1300. The number of fused-ring (bicyclic) bond motifs is 1. The van der Waals surface area contributed by atoms with Crippen molar-refractivity contribution in [1.82, 2.24) is 24.6 Å². The van der Waals surface area contributed by atoms with Gasteiger partial charge in [0, 0.05) is 39.2 Å². The van der Waals surface area contributed by atoms with Crippen molar-refractivity contribution in [3.05, 3.63) is 47.8 Å². The van der Waals surface area contributed by atoms with Crippen molar-refractivity contribution in [3.63, 3.8) is 0 Å². The molecule has 2 aliphatic heterocycles. The second kappa shape index (κ2) is 11.4. The first-order valence-electron chi connectivity index (χ1n) is 14.6. The molecule has 2 saturated heterocycles. The van der Waals surface area contributed by atoms with E-state index in [1.54, 1.807) is 4.90 Å². The summed E-state index contributed by atoms with van der Waals surface area (Å²) in [7, 11) is 1.83. The predicted octanol–water partition coefficient (Wildman–Crippen LogP) is 6.15. The first-order valence-corrected chi connectivity index (χ1v) is 14.6. The van der Waals surface area contributed by atoms with E-state index in [9.17, 15) is 4.79 Å². The predicted molar refractivity (Wildman–Crippen MR) is 157 cm³/mol. The Kier molecular flexibility index (Phi) is 8.04. The number of amides is 1. The lowest BCUT2D eigenvalue weighted by molar-refractivity contribution is -0.0372. The molecule has 0 radical (unpaired) electrons. The summed E-state index contributed by atoms with van der Waals surface area (Å²) >= 11 is 0. The van der Waals surface area contributed by atoms with E-state index >= 15 is 0 Å². The third kappa shape index (κ3) is 6.24. The Morgan fingerprint density at radius 2 is 1.93 bits per heavy atom. The smallest absolute Gasteiger partial charge is 0.410 e. The maximum atomic E-state index is 12.5. The summed E-state index contributed by atoms with van der Waals surface area (Å²) in [5.41, 5.74) is 3.29. The van der Waals surface area contributed by atoms with Gasteiger partial charge < -0.3 is 19.3 Å².